The van der Waals surface area contributed by atoms with E-state index in [4.69, 9.17) is 0 Å². The molecule has 0 nitrogen and oxygen atoms in total. The van der Waals surface area contributed by atoms with Gasteiger partial charge in [-0.25, -0.2) is 0 Å². The fraction of sp³-hybridized carbons (Fsp3) is 1.00. The lowest BCUT2D eigenvalue weighted by molar-refractivity contribution is -0.129. The van der Waals surface area contributed by atoms with Crippen LogP contribution < -0.4 is 0 Å². The largest absolute Gasteiger partial charge is 0.389 e. The van der Waals surface area contributed by atoms with Crippen LogP contribution in [0.4, 0.5) is 13.2 Å². The van der Waals surface area contributed by atoms with Crippen molar-refractivity contribution in [3.63, 3.8) is 0 Å². The third kappa shape index (κ3) is 9.19. The van der Waals surface area contributed by atoms with Crippen LogP contribution in [0.15, 0.2) is 0 Å². The standard InChI is InChI=1S/C9H16BrF3S/c1-7(10)6-8(2,3)14-5-4-9(11,12)13/h7H,4-6H2,1-3H3. The lowest BCUT2D eigenvalue weighted by Gasteiger charge is -2.25. The van der Waals surface area contributed by atoms with Crippen molar-refractivity contribution < 1.29 is 13.2 Å². The molecule has 0 saturated carbocycles. The highest BCUT2D eigenvalue weighted by Crippen LogP contribution is 2.33. The van der Waals surface area contributed by atoms with Gasteiger partial charge in [0.1, 0.15) is 0 Å². The van der Waals surface area contributed by atoms with E-state index in [2.05, 4.69) is 15.9 Å². The Labute approximate surface area is 96.1 Å². The van der Waals surface area contributed by atoms with Gasteiger partial charge in [0, 0.05) is 15.3 Å². The van der Waals surface area contributed by atoms with Crippen molar-refractivity contribution in [1.82, 2.24) is 0 Å². The van der Waals surface area contributed by atoms with Crippen LogP contribution >= 0.6 is 27.7 Å². The Morgan fingerprint density at radius 3 is 2.14 bits per heavy atom. The minimum atomic E-state index is -4.02. The molecule has 0 fully saturated rings. The van der Waals surface area contributed by atoms with E-state index in [0.29, 0.717) is 4.83 Å². The summed E-state index contributed by atoms with van der Waals surface area (Å²) in [7, 11) is 0. The topological polar surface area (TPSA) is 0 Å². The summed E-state index contributed by atoms with van der Waals surface area (Å²) < 4.78 is 35.5. The van der Waals surface area contributed by atoms with Gasteiger partial charge in [-0.15, -0.1) is 0 Å². The summed E-state index contributed by atoms with van der Waals surface area (Å²) in [5, 5.41) is 0. The van der Waals surface area contributed by atoms with Crippen molar-refractivity contribution in [3.8, 4) is 0 Å². The van der Waals surface area contributed by atoms with Crippen LogP contribution in [-0.4, -0.2) is 21.5 Å². The molecule has 0 aliphatic carbocycles. The lowest BCUT2D eigenvalue weighted by Crippen LogP contribution is -2.20. The van der Waals surface area contributed by atoms with Gasteiger partial charge in [-0.05, 0) is 6.42 Å². The normalized spacial score (nSPS) is 15.6. The Morgan fingerprint density at radius 2 is 1.79 bits per heavy atom. The molecule has 14 heavy (non-hydrogen) atoms. The van der Waals surface area contributed by atoms with Gasteiger partial charge >= 0.3 is 6.18 Å². The number of rotatable bonds is 5. The van der Waals surface area contributed by atoms with Crippen LogP contribution in [0.5, 0.6) is 0 Å². The molecule has 0 aromatic rings. The number of halogens is 4. The summed E-state index contributed by atoms with van der Waals surface area (Å²) in [5.74, 6) is 0.149. The molecule has 0 radical (unpaired) electrons. The monoisotopic (exact) mass is 292 g/mol. The Hall–Kier alpha value is 0.620. The van der Waals surface area contributed by atoms with Gasteiger partial charge in [-0.1, -0.05) is 36.7 Å². The van der Waals surface area contributed by atoms with Crippen molar-refractivity contribution in [2.75, 3.05) is 5.75 Å². The van der Waals surface area contributed by atoms with Crippen LogP contribution in [0.1, 0.15) is 33.6 Å². The van der Waals surface area contributed by atoms with E-state index in [9.17, 15) is 13.2 Å². The predicted octanol–water partition coefficient (Wildman–Crippen LogP) is 4.62. The predicted molar refractivity (Wildman–Crippen MR) is 60.2 cm³/mol. The zero-order valence-corrected chi connectivity index (χ0v) is 11.0. The molecule has 0 amide bonds. The molecule has 1 unspecified atom stereocenters. The van der Waals surface area contributed by atoms with Gasteiger partial charge in [-0.3, -0.25) is 0 Å². The highest BCUT2D eigenvalue weighted by molar-refractivity contribution is 9.09. The van der Waals surface area contributed by atoms with Crippen molar-refractivity contribution in [3.05, 3.63) is 0 Å². The van der Waals surface area contributed by atoms with Gasteiger partial charge < -0.3 is 0 Å². The summed E-state index contributed by atoms with van der Waals surface area (Å²) in [5.41, 5.74) is 0. The van der Waals surface area contributed by atoms with E-state index in [1.807, 2.05) is 20.8 Å². The highest BCUT2D eigenvalue weighted by Gasteiger charge is 2.28. The minimum absolute atomic E-state index is 0.0891. The second-order valence-corrected chi connectivity index (χ2v) is 7.32. The summed E-state index contributed by atoms with van der Waals surface area (Å²) in [6.07, 6.45) is -3.85. The van der Waals surface area contributed by atoms with Crippen LogP contribution in [0, 0.1) is 0 Å². The van der Waals surface area contributed by atoms with Crippen LogP contribution in [0.3, 0.4) is 0 Å². The molecule has 5 heteroatoms. The van der Waals surface area contributed by atoms with E-state index in [0.717, 1.165) is 6.42 Å². The van der Waals surface area contributed by atoms with E-state index in [1.165, 1.54) is 11.8 Å². The summed E-state index contributed by atoms with van der Waals surface area (Å²) in [6.45, 7) is 5.96. The van der Waals surface area contributed by atoms with Crippen molar-refractivity contribution >= 4 is 27.7 Å². The summed E-state index contributed by atoms with van der Waals surface area (Å²) in [6, 6.07) is 0. The minimum Gasteiger partial charge on any atom is -0.171 e. The van der Waals surface area contributed by atoms with Crippen LogP contribution in [0.25, 0.3) is 0 Å². The summed E-state index contributed by atoms with van der Waals surface area (Å²) in [4.78, 5) is 0.343. The second kappa shape index (κ2) is 5.64. The van der Waals surface area contributed by atoms with Gasteiger partial charge in [0.2, 0.25) is 0 Å². The first kappa shape index (κ1) is 14.6. The number of hydrogen-bond acceptors (Lipinski definition) is 1. The molecule has 0 saturated heterocycles. The average molecular weight is 293 g/mol. The van der Waals surface area contributed by atoms with E-state index < -0.39 is 12.6 Å². The Kier molecular flexibility index (Phi) is 5.88. The number of hydrogen-bond donors (Lipinski definition) is 0. The molecule has 0 aromatic carbocycles. The quantitative estimate of drug-likeness (QED) is 0.666. The smallest absolute Gasteiger partial charge is 0.171 e. The zero-order chi connectivity index (χ0) is 11.4. The van der Waals surface area contributed by atoms with E-state index in [-0.39, 0.29) is 10.5 Å². The van der Waals surface area contributed by atoms with Crippen molar-refractivity contribution in [1.29, 1.82) is 0 Å². The highest BCUT2D eigenvalue weighted by atomic mass is 79.9. The van der Waals surface area contributed by atoms with Crippen molar-refractivity contribution in [2.24, 2.45) is 0 Å². The first-order valence-corrected chi connectivity index (χ1v) is 6.37. The fourth-order valence-electron chi connectivity index (χ4n) is 1.18. The molecular weight excluding hydrogens is 277 g/mol. The fourth-order valence-corrected chi connectivity index (χ4v) is 3.46. The molecule has 0 rings (SSSR count). The van der Waals surface area contributed by atoms with Crippen LogP contribution in [-0.2, 0) is 0 Å². The average Bonchev–Trinajstić information content (AvgIpc) is 1.78. The molecule has 0 N–H and O–H groups in total. The first-order valence-electron chi connectivity index (χ1n) is 4.47. The van der Waals surface area contributed by atoms with Gasteiger partial charge in [0.15, 0.2) is 0 Å². The molecule has 0 aliphatic rings. The maximum absolute atomic E-state index is 11.9. The Morgan fingerprint density at radius 1 is 1.29 bits per heavy atom. The van der Waals surface area contributed by atoms with E-state index in [1.54, 1.807) is 0 Å². The SMILES string of the molecule is CC(Br)CC(C)(C)SCCC(F)(F)F. The Bertz CT molecular complexity index is 166. The number of thioether (sulfide) groups is 1. The Balaban J connectivity index is 3.76. The molecule has 0 spiro atoms. The lowest BCUT2D eigenvalue weighted by atomic mass is 10.1. The third-order valence-electron chi connectivity index (χ3n) is 1.65. The molecule has 0 aliphatic heterocycles. The van der Waals surface area contributed by atoms with Gasteiger partial charge in [0.05, 0.1) is 6.42 Å². The zero-order valence-electron chi connectivity index (χ0n) is 8.62. The molecule has 0 heterocycles. The molecule has 0 aromatic heterocycles. The maximum Gasteiger partial charge on any atom is 0.389 e. The molecule has 1 atom stereocenters. The van der Waals surface area contributed by atoms with Gasteiger partial charge in [-0.2, -0.15) is 24.9 Å². The summed E-state index contributed by atoms with van der Waals surface area (Å²) >= 11 is 4.79. The first-order chi connectivity index (χ1) is 6.12. The maximum atomic E-state index is 11.9. The van der Waals surface area contributed by atoms with Gasteiger partial charge in [0.25, 0.3) is 0 Å². The van der Waals surface area contributed by atoms with E-state index >= 15 is 0 Å². The molecular formula is C9H16BrF3S. The van der Waals surface area contributed by atoms with Crippen LogP contribution in [0.2, 0.25) is 0 Å². The number of alkyl halides is 4. The molecule has 86 valence electrons. The molecule has 0 bridgehead atoms. The third-order valence-corrected chi connectivity index (χ3v) is 3.33. The van der Waals surface area contributed by atoms with Crippen molar-refractivity contribution in [2.45, 2.75) is 49.4 Å². The second-order valence-electron chi connectivity index (χ2n) is 3.96.